The van der Waals surface area contributed by atoms with E-state index in [0.29, 0.717) is 12.0 Å². The molecular weight excluding hydrogens is 164 g/mol. The quantitative estimate of drug-likeness (QED) is 0.482. The van der Waals surface area contributed by atoms with E-state index < -0.39 is 0 Å². The van der Waals surface area contributed by atoms with E-state index >= 15 is 0 Å². The zero-order valence-corrected chi connectivity index (χ0v) is 8.35. The van der Waals surface area contributed by atoms with Crippen LogP contribution in [0.3, 0.4) is 0 Å². The van der Waals surface area contributed by atoms with Crippen LogP contribution in [0.5, 0.6) is 0 Å². The molecule has 0 unspecified atom stereocenters. The summed E-state index contributed by atoms with van der Waals surface area (Å²) in [6.07, 6.45) is 5.04. The van der Waals surface area contributed by atoms with Crippen LogP contribution in [0.15, 0.2) is 11.1 Å². The van der Waals surface area contributed by atoms with Gasteiger partial charge in [0.05, 0.1) is 6.61 Å². The van der Waals surface area contributed by atoms with E-state index in [4.69, 9.17) is 4.74 Å². The lowest BCUT2D eigenvalue weighted by atomic mass is 9.75. The van der Waals surface area contributed by atoms with Gasteiger partial charge >= 0.3 is 5.97 Å². The van der Waals surface area contributed by atoms with Crippen molar-refractivity contribution in [3.63, 3.8) is 0 Å². The molecule has 0 aromatic rings. The van der Waals surface area contributed by atoms with Gasteiger partial charge in [0.1, 0.15) is 0 Å². The number of carbonyl (C=O) groups excluding carboxylic acids is 1. The van der Waals surface area contributed by atoms with Crippen molar-refractivity contribution in [1.29, 1.82) is 0 Å². The molecule has 2 fully saturated rings. The molecule has 72 valence electrons. The molecule has 13 heavy (non-hydrogen) atoms. The summed E-state index contributed by atoms with van der Waals surface area (Å²) in [5, 5.41) is 0. The van der Waals surface area contributed by atoms with Crippen LogP contribution < -0.4 is 0 Å². The van der Waals surface area contributed by atoms with E-state index in [0.717, 1.165) is 18.4 Å². The molecule has 2 aliphatic carbocycles. The predicted molar refractivity (Wildman–Crippen MR) is 50.2 cm³/mol. The summed E-state index contributed by atoms with van der Waals surface area (Å²) in [5.41, 5.74) is 2.83. The van der Waals surface area contributed by atoms with Crippen molar-refractivity contribution in [2.75, 3.05) is 6.61 Å². The fourth-order valence-corrected chi connectivity index (χ4v) is 2.03. The van der Waals surface area contributed by atoms with Crippen LogP contribution in [0.25, 0.3) is 0 Å². The summed E-state index contributed by atoms with van der Waals surface area (Å²) in [6.45, 7) is 4.22. The summed E-state index contributed by atoms with van der Waals surface area (Å²) < 4.78 is 4.95. The molecule has 1 spiro atoms. The van der Waals surface area contributed by atoms with Crippen molar-refractivity contribution in [2.45, 2.75) is 39.5 Å². The highest BCUT2D eigenvalue weighted by atomic mass is 16.5. The smallest absolute Gasteiger partial charge is 0.333 e. The molecule has 0 amide bonds. The number of ether oxygens (including phenoxy) is 1. The molecule has 0 bridgehead atoms. The molecule has 0 aromatic heterocycles. The number of rotatable bonds is 2. The topological polar surface area (TPSA) is 26.3 Å². The molecule has 2 rings (SSSR count). The minimum atomic E-state index is -0.118. The average Bonchev–Trinajstić information content (AvgIpc) is 2.80. The Morgan fingerprint density at radius 3 is 2.54 bits per heavy atom. The summed E-state index contributed by atoms with van der Waals surface area (Å²) >= 11 is 0. The highest BCUT2D eigenvalue weighted by Gasteiger charge is 2.51. The maximum Gasteiger partial charge on any atom is 0.333 e. The number of allylic oxidation sites excluding steroid dienone is 1. The molecule has 2 heteroatoms. The Hall–Kier alpha value is -0.790. The number of hydrogen-bond acceptors (Lipinski definition) is 2. The maximum absolute atomic E-state index is 11.3. The first-order valence-electron chi connectivity index (χ1n) is 5.03. The standard InChI is InChI=1S/C11H16O2/c1-3-13-10(12)8(2)9-6-11(7-9)4-5-11/h3-7H2,1-2H3. The molecule has 0 aromatic carbocycles. The lowest BCUT2D eigenvalue weighted by molar-refractivity contribution is -0.138. The first-order chi connectivity index (χ1) is 6.17. The third-order valence-corrected chi connectivity index (χ3v) is 3.25. The van der Waals surface area contributed by atoms with Crippen molar-refractivity contribution in [2.24, 2.45) is 5.41 Å². The molecule has 0 N–H and O–H groups in total. The van der Waals surface area contributed by atoms with Crippen LogP contribution in [0.2, 0.25) is 0 Å². The normalized spacial score (nSPS) is 22.5. The van der Waals surface area contributed by atoms with Gasteiger partial charge < -0.3 is 4.74 Å². The second-order valence-corrected chi connectivity index (χ2v) is 4.30. The van der Waals surface area contributed by atoms with Gasteiger partial charge in [-0.05, 0) is 44.9 Å². The largest absolute Gasteiger partial charge is 0.463 e. The molecular formula is C11H16O2. The van der Waals surface area contributed by atoms with Gasteiger partial charge in [0.15, 0.2) is 0 Å². The lowest BCUT2D eigenvalue weighted by Crippen LogP contribution is -2.20. The third kappa shape index (κ3) is 1.50. The zero-order chi connectivity index (χ0) is 9.47. The van der Waals surface area contributed by atoms with E-state index in [-0.39, 0.29) is 5.97 Å². The summed E-state index contributed by atoms with van der Waals surface area (Å²) in [7, 11) is 0. The van der Waals surface area contributed by atoms with Crippen molar-refractivity contribution in [3.8, 4) is 0 Å². The molecule has 0 saturated heterocycles. The fourth-order valence-electron chi connectivity index (χ4n) is 2.03. The number of carbonyl (C=O) groups is 1. The number of esters is 1. The van der Waals surface area contributed by atoms with E-state index in [2.05, 4.69) is 0 Å². The van der Waals surface area contributed by atoms with Crippen LogP contribution in [-0.2, 0) is 9.53 Å². The van der Waals surface area contributed by atoms with Gasteiger partial charge in [-0.15, -0.1) is 0 Å². The van der Waals surface area contributed by atoms with Gasteiger partial charge in [-0.3, -0.25) is 0 Å². The van der Waals surface area contributed by atoms with Gasteiger partial charge in [0.2, 0.25) is 0 Å². The first-order valence-corrected chi connectivity index (χ1v) is 5.03. The Kier molecular flexibility index (Phi) is 1.94. The molecule has 0 aliphatic heterocycles. The third-order valence-electron chi connectivity index (χ3n) is 3.25. The Balaban J connectivity index is 1.95. The van der Waals surface area contributed by atoms with Gasteiger partial charge in [0.25, 0.3) is 0 Å². The Morgan fingerprint density at radius 1 is 1.46 bits per heavy atom. The lowest BCUT2D eigenvalue weighted by Gasteiger charge is -2.30. The Morgan fingerprint density at radius 2 is 2.08 bits per heavy atom. The highest BCUT2D eigenvalue weighted by Crippen LogP contribution is 2.63. The van der Waals surface area contributed by atoms with Gasteiger partial charge in [-0.1, -0.05) is 5.57 Å². The minimum absolute atomic E-state index is 0.118. The molecule has 0 atom stereocenters. The Bertz CT molecular complexity index is 262. The van der Waals surface area contributed by atoms with E-state index in [1.165, 1.54) is 18.4 Å². The molecule has 0 heterocycles. The predicted octanol–water partition coefficient (Wildman–Crippen LogP) is 2.44. The maximum atomic E-state index is 11.3. The first kappa shape index (κ1) is 8.79. The summed E-state index contributed by atoms with van der Waals surface area (Å²) in [4.78, 5) is 11.3. The molecule has 2 aliphatic rings. The molecule has 2 nitrogen and oxygen atoms in total. The fraction of sp³-hybridized carbons (Fsp3) is 0.727. The average molecular weight is 180 g/mol. The second kappa shape index (κ2) is 2.86. The van der Waals surface area contributed by atoms with Crippen LogP contribution >= 0.6 is 0 Å². The molecule has 0 radical (unpaired) electrons. The van der Waals surface area contributed by atoms with Crippen LogP contribution in [0.4, 0.5) is 0 Å². The van der Waals surface area contributed by atoms with Crippen molar-refractivity contribution >= 4 is 5.97 Å². The SMILES string of the molecule is CCOC(=O)C(C)=C1CC2(CC2)C1. The van der Waals surface area contributed by atoms with Crippen LogP contribution in [0, 0.1) is 5.41 Å². The van der Waals surface area contributed by atoms with Crippen LogP contribution in [0.1, 0.15) is 39.5 Å². The monoisotopic (exact) mass is 180 g/mol. The van der Waals surface area contributed by atoms with Crippen molar-refractivity contribution in [1.82, 2.24) is 0 Å². The van der Waals surface area contributed by atoms with E-state index in [1.54, 1.807) is 0 Å². The van der Waals surface area contributed by atoms with Gasteiger partial charge in [-0.2, -0.15) is 0 Å². The van der Waals surface area contributed by atoms with Gasteiger partial charge in [-0.25, -0.2) is 4.79 Å². The van der Waals surface area contributed by atoms with E-state index in [1.807, 2.05) is 13.8 Å². The number of hydrogen-bond donors (Lipinski definition) is 0. The second-order valence-electron chi connectivity index (χ2n) is 4.30. The van der Waals surface area contributed by atoms with Gasteiger partial charge in [0, 0.05) is 5.57 Å². The summed E-state index contributed by atoms with van der Waals surface area (Å²) in [5.74, 6) is -0.118. The Labute approximate surface area is 79.0 Å². The van der Waals surface area contributed by atoms with Crippen molar-refractivity contribution in [3.05, 3.63) is 11.1 Å². The molecule has 2 saturated carbocycles. The van der Waals surface area contributed by atoms with Crippen LogP contribution in [-0.4, -0.2) is 12.6 Å². The highest BCUT2D eigenvalue weighted by molar-refractivity contribution is 5.89. The minimum Gasteiger partial charge on any atom is -0.463 e. The summed E-state index contributed by atoms with van der Waals surface area (Å²) in [6, 6.07) is 0. The van der Waals surface area contributed by atoms with E-state index in [9.17, 15) is 4.79 Å². The zero-order valence-electron chi connectivity index (χ0n) is 8.35. The van der Waals surface area contributed by atoms with Crippen molar-refractivity contribution < 1.29 is 9.53 Å².